The quantitative estimate of drug-likeness (QED) is 0.470. The molecule has 1 atom stereocenters. The normalized spacial score (nSPS) is 17.9. The Bertz CT molecular complexity index is 236. The molecule has 1 rings (SSSR count). The van der Waals surface area contributed by atoms with Crippen molar-refractivity contribution in [1.82, 2.24) is 15.5 Å². The lowest BCUT2D eigenvalue weighted by atomic mass is 10.1. The highest BCUT2D eigenvalue weighted by Gasteiger charge is 2.26. The minimum Gasteiger partial charge on any atom is -0.378 e. The zero-order chi connectivity index (χ0) is 15.3. The SMILES string of the molecule is CCCNCCOCCOCCN1CC(NC(C)CC)C1. The van der Waals surface area contributed by atoms with E-state index in [1.54, 1.807) is 0 Å². The van der Waals surface area contributed by atoms with E-state index in [0.29, 0.717) is 25.3 Å². The number of nitrogens with zero attached hydrogens (tertiary/aromatic N) is 1. The van der Waals surface area contributed by atoms with Crippen molar-refractivity contribution in [2.24, 2.45) is 0 Å². The first-order valence-electron chi connectivity index (χ1n) is 8.60. The molecule has 1 aliphatic rings. The van der Waals surface area contributed by atoms with E-state index in [9.17, 15) is 0 Å². The minimum atomic E-state index is 0.636. The van der Waals surface area contributed by atoms with Crippen LogP contribution >= 0.6 is 0 Å². The molecule has 1 saturated heterocycles. The summed E-state index contributed by atoms with van der Waals surface area (Å²) in [5.41, 5.74) is 0. The highest BCUT2D eigenvalue weighted by Crippen LogP contribution is 2.08. The number of ether oxygens (including phenoxy) is 2. The van der Waals surface area contributed by atoms with E-state index >= 15 is 0 Å². The molecule has 0 aromatic heterocycles. The van der Waals surface area contributed by atoms with E-state index in [2.05, 4.69) is 36.3 Å². The summed E-state index contributed by atoms with van der Waals surface area (Å²) in [6.07, 6.45) is 2.38. The third-order valence-corrected chi connectivity index (χ3v) is 3.86. The maximum atomic E-state index is 5.60. The summed E-state index contributed by atoms with van der Waals surface area (Å²) in [5.74, 6) is 0. The van der Waals surface area contributed by atoms with E-state index in [1.807, 2.05) is 0 Å². The molecule has 126 valence electrons. The molecular formula is C16H35N3O2. The number of likely N-dealkylation sites (tertiary alicyclic amines) is 1. The summed E-state index contributed by atoms with van der Waals surface area (Å²) in [4.78, 5) is 2.44. The number of rotatable bonds is 14. The van der Waals surface area contributed by atoms with Crippen LogP contribution in [0.5, 0.6) is 0 Å². The molecule has 0 bridgehead atoms. The van der Waals surface area contributed by atoms with Gasteiger partial charge in [0.1, 0.15) is 0 Å². The van der Waals surface area contributed by atoms with Crippen LogP contribution in [0.15, 0.2) is 0 Å². The van der Waals surface area contributed by atoms with Gasteiger partial charge in [-0.3, -0.25) is 4.90 Å². The molecule has 1 unspecified atom stereocenters. The monoisotopic (exact) mass is 301 g/mol. The molecule has 0 saturated carbocycles. The second-order valence-corrected chi connectivity index (χ2v) is 5.91. The molecule has 2 N–H and O–H groups in total. The fourth-order valence-electron chi connectivity index (χ4n) is 2.34. The Morgan fingerprint density at radius 2 is 1.76 bits per heavy atom. The molecule has 1 fully saturated rings. The van der Waals surface area contributed by atoms with Crippen molar-refractivity contribution < 1.29 is 9.47 Å². The molecule has 0 aromatic rings. The average Bonchev–Trinajstić information content (AvgIpc) is 2.45. The predicted molar refractivity (Wildman–Crippen MR) is 87.9 cm³/mol. The molecular weight excluding hydrogens is 266 g/mol. The number of hydrogen-bond donors (Lipinski definition) is 2. The van der Waals surface area contributed by atoms with Gasteiger partial charge in [-0.2, -0.15) is 0 Å². The Kier molecular flexibility index (Phi) is 11.1. The third kappa shape index (κ3) is 9.42. The fraction of sp³-hybridized carbons (Fsp3) is 1.00. The molecule has 0 radical (unpaired) electrons. The van der Waals surface area contributed by atoms with Crippen LogP contribution in [0.25, 0.3) is 0 Å². The highest BCUT2D eigenvalue weighted by atomic mass is 16.5. The van der Waals surface area contributed by atoms with Crippen LogP contribution in [0.4, 0.5) is 0 Å². The Labute approximate surface area is 130 Å². The van der Waals surface area contributed by atoms with Crippen LogP contribution < -0.4 is 10.6 Å². The topological polar surface area (TPSA) is 45.8 Å². The van der Waals surface area contributed by atoms with Gasteiger partial charge in [0.05, 0.1) is 26.4 Å². The van der Waals surface area contributed by atoms with Crippen LogP contribution in [0.2, 0.25) is 0 Å². The van der Waals surface area contributed by atoms with E-state index in [-0.39, 0.29) is 0 Å². The standard InChI is InChI=1S/C16H35N3O2/c1-4-6-17-7-9-20-11-12-21-10-8-19-13-16(14-19)18-15(3)5-2/h15-18H,4-14H2,1-3H3. The van der Waals surface area contributed by atoms with Crippen LogP contribution in [-0.4, -0.2) is 76.1 Å². The van der Waals surface area contributed by atoms with Gasteiger partial charge < -0.3 is 20.1 Å². The largest absolute Gasteiger partial charge is 0.378 e. The zero-order valence-corrected chi connectivity index (χ0v) is 14.2. The summed E-state index contributed by atoms with van der Waals surface area (Å²) in [7, 11) is 0. The second kappa shape index (κ2) is 12.4. The summed E-state index contributed by atoms with van der Waals surface area (Å²) in [6.45, 7) is 15.0. The molecule has 21 heavy (non-hydrogen) atoms. The minimum absolute atomic E-state index is 0.636. The Morgan fingerprint density at radius 3 is 2.43 bits per heavy atom. The van der Waals surface area contributed by atoms with Gasteiger partial charge in [0, 0.05) is 38.3 Å². The van der Waals surface area contributed by atoms with Crippen molar-refractivity contribution in [3.05, 3.63) is 0 Å². The van der Waals surface area contributed by atoms with E-state index in [1.165, 1.54) is 12.8 Å². The van der Waals surface area contributed by atoms with E-state index in [0.717, 1.165) is 45.9 Å². The molecule has 1 aliphatic heterocycles. The molecule has 1 heterocycles. The third-order valence-electron chi connectivity index (χ3n) is 3.86. The van der Waals surface area contributed by atoms with Crippen LogP contribution in [0, 0.1) is 0 Å². The Balaban J connectivity index is 1.76. The average molecular weight is 301 g/mol. The number of hydrogen-bond acceptors (Lipinski definition) is 5. The first-order valence-corrected chi connectivity index (χ1v) is 8.60. The van der Waals surface area contributed by atoms with Gasteiger partial charge in [-0.1, -0.05) is 13.8 Å². The maximum absolute atomic E-state index is 5.60. The number of nitrogens with one attached hydrogen (secondary N) is 2. The van der Waals surface area contributed by atoms with Gasteiger partial charge in [-0.25, -0.2) is 0 Å². The lowest BCUT2D eigenvalue weighted by Crippen LogP contribution is -2.60. The lowest BCUT2D eigenvalue weighted by Gasteiger charge is -2.41. The molecule has 0 spiro atoms. The van der Waals surface area contributed by atoms with Crippen LogP contribution in [-0.2, 0) is 9.47 Å². The lowest BCUT2D eigenvalue weighted by molar-refractivity contribution is 0.0247. The fourth-order valence-corrected chi connectivity index (χ4v) is 2.34. The van der Waals surface area contributed by atoms with Crippen LogP contribution in [0.1, 0.15) is 33.6 Å². The van der Waals surface area contributed by atoms with Gasteiger partial charge in [-0.05, 0) is 26.3 Å². The van der Waals surface area contributed by atoms with Crippen LogP contribution in [0.3, 0.4) is 0 Å². The Morgan fingerprint density at radius 1 is 1.05 bits per heavy atom. The molecule has 0 aliphatic carbocycles. The summed E-state index contributed by atoms with van der Waals surface area (Å²) < 4.78 is 11.1. The van der Waals surface area contributed by atoms with Crippen molar-refractivity contribution in [3.63, 3.8) is 0 Å². The molecule has 0 amide bonds. The van der Waals surface area contributed by atoms with E-state index in [4.69, 9.17) is 9.47 Å². The van der Waals surface area contributed by atoms with Crippen molar-refractivity contribution in [3.8, 4) is 0 Å². The van der Waals surface area contributed by atoms with Gasteiger partial charge in [0.25, 0.3) is 0 Å². The maximum Gasteiger partial charge on any atom is 0.0701 e. The van der Waals surface area contributed by atoms with Gasteiger partial charge >= 0.3 is 0 Å². The van der Waals surface area contributed by atoms with Crippen molar-refractivity contribution in [2.45, 2.75) is 45.7 Å². The highest BCUT2D eigenvalue weighted by molar-refractivity contribution is 4.86. The van der Waals surface area contributed by atoms with E-state index < -0.39 is 0 Å². The van der Waals surface area contributed by atoms with Crippen molar-refractivity contribution in [2.75, 3.05) is 59.2 Å². The molecule has 5 nitrogen and oxygen atoms in total. The second-order valence-electron chi connectivity index (χ2n) is 5.91. The first-order chi connectivity index (χ1) is 10.3. The predicted octanol–water partition coefficient (Wildman–Crippen LogP) is 1.09. The van der Waals surface area contributed by atoms with Gasteiger partial charge in [-0.15, -0.1) is 0 Å². The van der Waals surface area contributed by atoms with Gasteiger partial charge in [0.2, 0.25) is 0 Å². The smallest absolute Gasteiger partial charge is 0.0701 e. The molecule has 0 aromatic carbocycles. The van der Waals surface area contributed by atoms with Crippen molar-refractivity contribution in [1.29, 1.82) is 0 Å². The summed E-state index contributed by atoms with van der Waals surface area (Å²) in [5, 5.41) is 6.94. The summed E-state index contributed by atoms with van der Waals surface area (Å²) >= 11 is 0. The Hall–Kier alpha value is -0.200. The summed E-state index contributed by atoms with van der Waals surface area (Å²) in [6, 6.07) is 1.32. The first kappa shape index (κ1) is 18.8. The van der Waals surface area contributed by atoms with Gasteiger partial charge in [0.15, 0.2) is 0 Å². The molecule has 5 heteroatoms. The zero-order valence-electron chi connectivity index (χ0n) is 14.2. The van der Waals surface area contributed by atoms with Crippen molar-refractivity contribution >= 4 is 0 Å².